The molecule has 0 aliphatic carbocycles. The minimum atomic E-state index is -0.0916. The van der Waals surface area contributed by atoms with Gasteiger partial charge in [-0.15, -0.1) is 0 Å². The standard InChI is InChI=1S/C38H29P/c1-39(2)32-22-20-27(21-23-32)29-12-9-13-30(24-29)37-33-14-5-7-16-35(33)38(36-17-8-6-15-34(36)37)31-19-18-26-10-3-4-11-28(26)25-31/h3-25H,1-2H3. The second-order valence-corrected chi connectivity index (χ2v) is 12.7. The molecule has 7 aromatic rings. The third-order valence-corrected chi connectivity index (χ3v) is 9.17. The first-order valence-corrected chi connectivity index (χ1v) is 15.7. The molecule has 7 aromatic carbocycles. The molecule has 0 saturated carbocycles. The molecule has 0 heterocycles. The molecular formula is C38H29P. The quantitative estimate of drug-likeness (QED) is 0.161. The van der Waals surface area contributed by atoms with Crippen molar-refractivity contribution in [1.29, 1.82) is 0 Å². The molecule has 0 aliphatic rings. The molecule has 0 radical (unpaired) electrons. The molecule has 186 valence electrons. The third-order valence-electron chi connectivity index (χ3n) is 7.84. The lowest BCUT2D eigenvalue weighted by Gasteiger charge is -2.18. The molecule has 0 atom stereocenters. The van der Waals surface area contributed by atoms with E-state index >= 15 is 0 Å². The molecule has 39 heavy (non-hydrogen) atoms. The van der Waals surface area contributed by atoms with Crippen molar-refractivity contribution in [2.24, 2.45) is 0 Å². The summed E-state index contributed by atoms with van der Waals surface area (Å²) >= 11 is 0. The highest BCUT2D eigenvalue weighted by Gasteiger charge is 2.17. The van der Waals surface area contributed by atoms with E-state index in [0.29, 0.717) is 0 Å². The molecule has 0 spiro atoms. The number of benzene rings is 7. The zero-order chi connectivity index (χ0) is 26.3. The Morgan fingerprint density at radius 2 is 0.846 bits per heavy atom. The average Bonchev–Trinajstić information content (AvgIpc) is 2.99. The second-order valence-electron chi connectivity index (χ2n) is 10.4. The Bertz CT molecular complexity index is 1920. The smallest absolute Gasteiger partial charge is 0.00262 e. The van der Waals surface area contributed by atoms with Gasteiger partial charge in [0.1, 0.15) is 0 Å². The molecule has 1 heteroatoms. The molecule has 0 bridgehead atoms. The van der Waals surface area contributed by atoms with Crippen LogP contribution in [0.3, 0.4) is 0 Å². The maximum Gasteiger partial charge on any atom is -0.00262 e. The fourth-order valence-corrected chi connectivity index (χ4v) is 6.65. The van der Waals surface area contributed by atoms with Crippen LogP contribution in [0.25, 0.3) is 65.7 Å². The molecule has 0 aromatic heterocycles. The molecule has 0 saturated heterocycles. The maximum atomic E-state index is 2.36. The van der Waals surface area contributed by atoms with Gasteiger partial charge in [0.05, 0.1) is 0 Å². The van der Waals surface area contributed by atoms with Crippen LogP contribution in [0.5, 0.6) is 0 Å². The number of hydrogen-bond donors (Lipinski definition) is 0. The van der Waals surface area contributed by atoms with E-state index in [-0.39, 0.29) is 7.92 Å². The number of rotatable bonds is 4. The van der Waals surface area contributed by atoms with Crippen LogP contribution in [0.2, 0.25) is 0 Å². The predicted octanol–water partition coefficient (Wildman–Crippen LogP) is 10.5. The monoisotopic (exact) mass is 516 g/mol. The van der Waals surface area contributed by atoms with Crippen molar-refractivity contribution in [3.8, 4) is 33.4 Å². The fraction of sp³-hybridized carbons (Fsp3) is 0.0526. The largest absolute Gasteiger partial charge is 0.0817 e. The highest BCUT2D eigenvalue weighted by molar-refractivity contribution is 7.64. The first-order valence-electron chi connectivity index (χ1n) is 13.5. The summed E-state index contributed by atoms with van der Waals surface area (Å²) in [5.74, 6) is 0. The highest BCUT2D eigenvalue weighted by Crippen LogP contribution is 2.44. The van der Waals surface area contributed by atoms with E-state index in [1.165, 1.54) is 71.0 Å². The molecule has 0 nitrogen and oxygen atoms in total. The van der Waals surface area contributed by atoms with Crippen LogP contribution in [0.1, 0.15) is 0 Å². The Labute approximate surface area is 231 Å². The van der Waals surface area contributed by atoms with Gasteiger partial charge in [0.25, 0.3) is 0 Å². The highest BCUT2D eigenvalue weighted by atomic mass is 31.1. The Morgan fingerprint density at radius 1 is 0.359 bits per heavy atom. The van der Waals surface area contributed by atoms with Crippen molar-refractivity contribution >= 4 is 45.5 Å². The third kappa shape index (κ3) is 4.22. The average molecular weight is 517 g/mol. The Hall–Kier alpha value is -4.25. The minimum Gasteiger partial charge on any atom is -0.0817 e. The summed E-state index contributed by atoms with van der Waals surface area (Å²) in [6, 6.07) is 51.5. The lowest BCUT2D eigenvalue weighted by atomic mass is 9.85. The van der Waals surface area contributed by atoms with Gasteiger partial charge in [-0.25, -0.2) is 0 Å². The zero-order valence-corrected chi connectivity index (χ0v) is 23.1. The summed E-state index contributed by atoms with van der Waals surface area (Å²) in [4.78, 5) is 0. The van der Waals surface area contributed by atoms with E-state index in [1.807, 2.05) is 0 Å². The summed E-state index contributed by atoms with van der Waals surface area (Å²) in [5, 5.41) is 9.12. The van der Waals surface area contributed by atoms with Gasteiger partial charge in [0, 0.05) is 0 Å². The van der Waals surface area contributed by atoms with Crippen molar-refractivity contribution in [2.45, 2.75) is 0 Å². The number of hydrogen-bond acceptors (Lipinski definition) is 0. The lowest BCUT2D eigenvalue weighted by molar-refractivity contribution is 1.62. The van der Waals surface area contributed by atoms with Crippen LogP contribution < -0.4 is 5.30 Å². The Balaban J connectivity index is 1.48. The van der Waals surface area contributed by atoms with Gasteiger partial charge in [0.15, 0.2) is 0 Å². The van der Waals surface area contributed by atoms with Gasteiger partial charge >= 0.3 is 0 Å². The van der Waals surface area contributed by atoms with Gasteiger partial charge in [-0.1, -0.05) is 135 Å². The van der Waals surface area contributed by atoms with Gasteiger partial charge in [0.2, 0.25) is 0 Å². The first-order chi connectivity index (χ1) is 19.2. The zero-order valence-electron chi connectivity index (χ0n) is 22.2. The molecular weight excluding hydrogens is 487 g/mol. The fourth-order valence-electron chi connectivity index (χ4n) is 5.90. The van der Waals surface area contributed by atoms with Crippen molar-refractivity contribution in [3.63, 3.8) is 0 Å². The van der Waals surface area contributed by atoms with E-state index in [0.717, 1.165) is 0 Å². The van der Waals surface area contributed by atoms with E-state index in [9.17, 15) is 0 Å². The molecule has 0 amide bonds. The van der Waals surface area contributed by atoms with Crippen LogP contribution in [0.4, 0.5) is 0 Å². The summed E-state index contributed by atoms with van der Waals surface area (Å²) in [5.41, 5.74) is 7.63. The van der Waals surface area contributed by atoms with Crippen LogP contribution in [0, 0.1) is 0 Å². The molecule has 0 N–H and O–H groups in total. The van der Waals surface area contributed by atoms with E-state index < -0.39 is 0 Å². The van der Waals surface area contributed by atoms with Crippen molar-refractivity contribution < 1.29 is 0 Å². The molecule has 0 unspecified atom stereocenters. The van der Waals surface area contributed by atoms with E-state index in [4.69, 9.17) is 0 Å². The van der Waals surface area contributed by atoms with Gasteiger partial charge < -0.3 is 0 Å². The van der Waals surface area contributed by atoms with Crippen LogP contribution in [-0.4, -0.2) is 13.3 Å². The normalized spacial score (nSPS) is 11.6. The summed E-state index contributed by atoms with van der Waals surface area (Å²) < 4.78 is 0. The molecule has 0 aliphatic heterocycles. The predicted molar refractivity (Wildman–Crippen MR) is 174 cm³/mol. The van der Waals surface area contributed by atoms with Crippen molar-refractivity contribution in [2.75, 3.05) is 13.3 Å². The van der Waals surface area contributed by atoms with Crippen LogP contribution in [-0.2, 0) is 0 Å². The lowest BCUT2D eigenvalue weighted by Crippen LogP contribution is -1.97. The van der Waals surface area contributed by atoms with E-state index in [1.54, 1.807) is 0 Å². The van der Waals surface area contributed by atoms with Gasteiger partial charge in [-0.3, -0.25) is 0 Å². The Morgan fingerprint density at radius 3 is 1.44 bits per heavy atom. The molecule has 0 fully saturated rings. The van der Waals surface area contributed by atoms with Crippen LogP contribution in [0.15, 0.2) is 140 Å². The number of fused-ring (bicyclic) bond motifs is 3. The second kappa shape index (κ2) is 9.81. The maximum absolute atomic E-state index is 2.36. The van der Waals surface area contributed by atoms with Gasteiger partial charge in [-0.2, -0.15) is 0 Å². The summed E-state index contributed by atoms with van der Waals surface area (Å²) in [6.45, 7) is 4.62. The van der Waals surface area contributed by atoms with Crippen molar-refractivity contribution in [1.82, 2.24) is 0 Å². The van der Waals surface area contributed by atoms with Crippen LogP contribution >= 0.6 is 7.92 Å². The van der Waals surface area contributed by atoms with E-state index in [2.05, 4.69) is 153 Å². The Kier molecular flexibility index (Phi) is 5.99. The van der Waals surface area contributed by atoms with Crippen molar-refractivity contribution in [3.05, 3.63) is 140 Å². The minimum absolute atomic E-state index is 0.0916. The summed E-state index contributed by atoms with van der Waals surface area (Å²) in [6.07, 6.45) is 0. The summed E-state index contributed by atoms with van der Waals surface area (Å²) in [7, 11) is -0.0916. The topological polar surface area (TPSA) is 0 Å². The SMILES string of the molecule is CP(C)c1ccc(-c2cccc(-c3c4ccccc4c(-c4ccc5ccccc5c4)c4ccccc34)c2)cc1. The van der Waals surface area contributed by atoms with Gasteiger partial charge in [-0.05, 0) is 96.5 Å². The molecule has 7 rings (SSSR count). The first kappa shape index (κ1) is 23.8.